The Hall–Kier alpha value is -1.04. The molecule has 0 N–H and O–H groups in total. The Labute approximate surface area is 154 Å². The summed E-state index contributed by atoms with van der Waals surface area (Å²) >= 11 is 0. The molecular formula is C25H34. The molecule has 5 rings (SSSR count). The minimum absolute atomic E-state index is 0.431. The van der Waals surface area contributed by atoms with Gasteiger partial charge >= 0.3 is 0 Å². The van der Waals surface area contributed by atoms with E-state index >= 15 is 0 Å². The number of allylic oxidation sites excluding steroid dienone is 2. The van der Waals surface area contributed by atoms with Crippen LogP contribution in [-0.2, 0) is 0 Å². The highest BCUT2D eigenvalue weighted by atomic mass is 14.6. The Morgan fingerprint density at radius 1 is 0.840 bits per heavy atom. The summed E-state index contributed by atoms with van der Waals surface area (Å²) in [5.41, 5.74) is 4.26. The van der Waals surface area contributed by atoms with Gasteiger partial charge in [0.15, 0.2) is 0 Å². The number of fused-ring (bicyclic) bond motifs is 5. The van der Waals surface area contributed by atoms with Crippen LogP contribution < -0.4 is 0 Å². The van der Waals surface area contributed by atoms with Gasteiger partial charge in [0.1, 0.15) is 0 Å². The molecule has 0 bridgehead atoms. The van der Waals surface area contributed by atoms with E-state index in [2.05, 4.69) is 50.3 Å². The van der Waals surface area contributed by atoms with E-state index in [1.807, 2.05) is 0 Å². The predicted octanol–water partition coefficient (Wildman–Crippen LogP) is 7.11. The van der Waals surface area contributed by atoms with Crippen LogP contribution in [0.25, 0.3) is 5.57 Å². The quantitative estimate of drug-likeness (QED) is 0.513. The molecule has 0 amide bonds. The summed E-state index contributed by atoms with van der Waals surface area (Å²) < 4.78 is 0. The van der Waals surface area contributed by atoms with Crippen molar-refractivity contribution in [3.63, 3.8) is 0 Å². The first kappa shape index (κ1) is 16.2. The fourth-order valence-corrected chi connectivity index (χ4v) is 7.93. The normalized spacial score (nSPS) is 45.9. The molecule has 0 nitrogen and oxygen atoms in total. The minimum Gasteiger partial charge on any atom is -0.0798 e. The van der Waals surface area contributed by atoms with Crippen molar-refractivity contribution >= 4 is 5.57 Å². The summed E-state index contributed by atoms with van der Waals surface area (Å²) in [6.45, 7) is 5.30. The van der Waals surface area contributed by atoms with Gasteiger partial charge in [-0.1, -0.05) is 63.1 Å². The van der Waals surface area contributed by atoms with Crippen molar-refractivity contribution in [2.24, 2.45) is 34.5 Å². The fourth-order valence-electron chi connectivity index (χ4n) is 7.93. The third-order valence-corrected chi connectivity index (χ3v) is 9.25. The van der Waals surface area contributed by atoms with Crippen LogP contribution in [0.3, 0.4) is 0 Å². The van der Waals surface area contributed by atoms with E-state index in [1.54, 1.807) is 5.57 Å². The van der Waals surface area contributed by atoms with E-state index in [9.17, 15) is 0 Å². The molecule has 1 aromatic rings. The molecule has 134 valence electrons. The highest BCUT2D eigenvalue weighted by Crippen LogP contribution is 2.67. The van der Waals surface area contributed by atoms with Gasteiger partial charge in [-0.15, -0.1) is 0 Å². The lowest BCUT2D eigenvalue weighted by molar-refractivity contribution is -0.0953. The van der Waals surface area contributed by atoms with Gasteiger partial charge in [0.2, 0.25) is 0 Å². The standard InChI is InChI=1S/C25H34/c1-24-16-7-6-10-19(24)11-12-20-22-14-13-21(18-8-4-3-5-9-18)25(22,2)17-15-23(20)24/h3-5,8-9,13,19-20,22-23H,6-7,10-12,14-17H2,1-2H3/t19-,20+,22+,23+,24+,25-/m1/s1. The maximum absolute atomic E-state index is 2.69. The average molecular weight is 335 g/mol. The molecule has 0 radical (unpaired) electrons. The van der Waals surface area contributed by atoms with Crippen molar-refractivity contribution in [1.82, 2.24) is 0 Å². The number of hydrogen-bond acceptors (Lipinski definition) is 0. The lowest BCUT2D eigenvalue weighted by Gasteiger charge is -2.60. The van der Waals surface area contributed by atoms with Gasteiger partial charge in [-0.3, -0.25) is 0 Å². The predicted molar refractivity (Wildman–Crippen MR) is 106 cm³/mol. The van der Waals surface area contributed by atoms with Crippen LogP contribution in [0, 0.1) is 34.5 Å². The van der Waals surface area contributed by atoms with Gasteiger partial charge in [-0.2, -0.15) is 0 Å². The first-order valence-corrected chi connectivity index (χ1v) is 10.9. The molecule has 0 heterocycles. The van der Waals surface area contributed by atoms with E-state index in [0.29, 0.717) is 10.8 Å². The van der Waals surface area contributed by atoms with Crippen molar-refractivity contribution in [2.45, 2.75) is 71.6 Å². The van der Waals surface area contributed by atoms with Crippen LogP contribution >= 0.6 is 0 Å². The number of rotatable bonds is 1. The van der Waals surface area contributed by atoms with Crippen LogP contribution in [0.2, 0.25) is 0 Å². The maximum Gasteiger partial charge on any atom is -0.00385 e. The summed E-state index contributed by atoms with van der Waals surface area (Å²) in [4.78, 5) is 0. The van der Waals surface area contributed by atoms with E-state index in [4.69, 9.17) is 0 Å². The first-order chi connectivity index (χ1) is 12.1. The molecule has 0 aromatic heterocycles. The lowest BCUT2D eigenvalue weighted by Crippen LogP contribution is -2.52. The monoisotopic (exact) mass is 334 g/mol. The Kier molecular flexibility index (Phi) is 3.70. The van der Waals surface area contributed by atoms with Gasteiger partial charge in [0, 0.05) is 0 Å². The average Bonchev–Trinajstić information content (AvgIpc) is 2.99. The smallest absolute Gasteiger partial charge is 0.00385 e. The van der Waals surface area contributed by atoms with Crippen molar-refractivity contribution in [3.05, 3.63) is 42.0 Å². The van der Waals surface area contributed by atoms with Crippen LogP contribution in [-0.4, -0.2) is 0 Å². The summed E-state index contributed by atoms with van der Waals surface area (Å²) in [6.07, 6.45) is 15.9. The molecule has 4 aliphatic rings. The lowest BCUT2D eigenvalue weighted by atomic mass is 9.45. The van der Waals surface area contributed by atoms with Crippen molar-refractivity contribution in [1.29, 1.82) is 0 Å². The Bertz CT molecular complexity index is 671. The molecule has 25 heavy (non-hydrogen) atoms. The molecular weight excluding hydrogens is 300 g/mol. The van der Waals surface area contributed by atoms with Gasteiger partial charge in [0.25, 0.3) is 0 Å². The van der Waals surface area contributed by atoms with Gasteiger partial charge in [-0.05, 0) is 90.6 Å². The Morgan fingerprint density at radius 2 is 1.68 bits per heavy atom. The molecule has 0 spiro atoms. The van der Waals surface area contributed by atoms with Crippen molar-refractivity contribution in [3.8, 4) is 0 Å². The fraction of sp³-hybridized carbons (Fsp3) is 0.680. The molecule has 4 aliphatic carbocycles. The second-order valence-electron chi connectivity index (χ2n) is 10.1. The second-order valence-corrected chi connectivity index (χ2v) is 10.1. The van der Waals surface area contributed by atoms with Crippen LogP contribution in [0.15, 0.2) is 36.4 Å². The van der Waals surface area contributed by atoms with E-state index in [1.165, 1.54) is 63.4 Å². The Balaban J connectivity index is 1.46. The number of benzene rings is 1. The molecule has 6 atom stereocenters. The largest absolute Gasteiger partial charge is 0.0798 e. The molecule has 0 aliphatic heterocycles. The summed E-state index contributed by atoms with van der Waals surface area (Å²) in [6, 6.07) is 11.3. The number of hydrogen-bond donors (Lipinski definition) is 0. The SMILES string of the molecule is C[C@]12CCCC[C@@H]1CC[C@@H]1[C@@H]2CC[C@]2(C)C(c3ccccc3)=CC[C@@H]12. The molecule has 0 heteroatoms. The topological polar surface area (TPSA) is 0 Å². The molecule has 0 unspecified atom stereocenters. The van der Waals surface area contributed by atoms with Crippen LogP contribution in [0.4, 0.5) is 0 Å². The highest BCUT2D eigenvalue weighted by molar-refractivity contribution is 5.72. The third-order valence-electron chi connectivity index (χ3n) is 9.25. The zero-order valence-corrected chi connectivity index (χ0v) is 16.1. The highest BCUT2D eigenvalue weighted by Gasteiger charge is 2.57. The second kappa shape index (κ2) is 5.73. The summed E-state index contributed by atoms with van der Waals surface area (Å²) in [7, 11) is 0. The van der Waals surface area contributed by atoms with Crippen molar-refractivity contribution < 1.29 is 0 Å². The molecule has 0 saturated heterocycles. The minimum atomic E-state index is 0.431. The van der Waals surface area contributed by atoms with E-state index in [0.717, 1.165) is 23.7 Å². The Morgan fingerprint density at radius 3 is 2.52 bits per heavy atom. The van der Waals surface area contributed by atoms with E-state index in [-0.39, 0.29) is 0 Å². The molecule has 3 fully saturated rings. The third kappa shape index (κ3) is 2.25. The first-order valence-electron chi connectivity index (χ1n) is 10.9. The molecule has 1 aromatic carbocycles. The zero-order chi connectivity index (χ0) is 17.1. The van der Waals surface area contributed by atoms with Gasteiger partial charge in [-0.25, -0.2) is 0 Å². The zero-order valence-electron chi connectivity index (χ0n) is 16.1. The molecule has 3 saturated carbocycles. The van der Waals surface area contributed by atoms with Crippen LogP contribution in [0.5, 0.6) is 0 Å². The van der Waals surface area contributed by atoms with Gasteiger partial charge < -0.3 is 0 Å². The van der Waals surface area contributed by atoms with E-state index < -0.39 is 0 Å². The maximum atomic E-state index is 2.69. The van der Waals surface area contributed by atoms with Crippen LogP contribution in [0.1, 0.15) is 77.2 Å². The van der Waals surface area contributed by atoms with Gasteiger partial charge in [0.05, 0.1) is 0 Å². The summed E-state index contributed by atoms with van der Waals surface area (Å²) in [5.74, 6) is 3.93. The summed E-state index contributed by atoms with van der Waals surface area (Å²) in [5, 5.41) is 0. The van der Waals surface area contributed by atoms with Crippen molar-refractivity contribution in [2.75, 3.05) is 0 Å².